The van der Waals surface area contributed by atoms with E-state index in [0.717, 1.165) is 93.9 Å². The van der Waals surface area contributed by atoms with E-state index in [-0.39, 0.29) is 25.5 Å². The maximum atomic E-state index is 14.7. The molecule has 12 amide bonds. The third-order valence-corrected chi connectivity index (χ3v) is 15.7. The Hall–Kier alpha value is -6.82. The van der Waals surface area contributed by atoms with Gasteiger partial charge in [0.15, 0.2) is 6.10 Å². The summed E-state index contributed by atoms with van der Waals surface area (Å²) in [6, 6.07) is -12.8. The normalized spacial score (nSPS) is 26.6. The molecule has 29 nitrogen and oxygen atoms in total. The van der Waals surface area contributed by atoms with E-state index in [1.807, 2.05) is 6.92 Å². The number of likely N-dealkylation sites (N-methyl/N-ethyl adjacent to an activating group) is 1. The first-order chi connectivity index (χ1) is 40.9. The molecular formula is C58H100N12O17. The maximum Gasteiger partial charge on any atom is 0.268 e. The van der Waals surface area contributed by atoms with Gasteiger partial charge in [0.25, 0.3) is 11.8 Å². The number of aliphatic hydroxyl groups excluding tert-OH is 4. The third kappa shape index (κ3) is 25.1. The van der Waals surface area contributed by atoms with Crippen molar-refractivity contribution in [3.05, 3.63) is 11.8 Å². The fourth-order valence-corrected chi connectivity index (χ4v) is 10.3. The lowest BCUT2D eigenvalue weighted by atomic mass is 9.90. The summed E-state index contributed by atoms with van der Waals surface area (Å²) < 4.78 is 5.41. The molecule has 0 saturated carbocycles. The van der Waals surface area contributed by atoms with Crippen LogP contribution in [0.25, 0.3) is 0 Å². The number of nitrogens with two attached hydrogens (primary N) is 2. The Kier molecular flexibility index (Phi) is 33.7. The number of carbonyl (C=O) groups excluding carboxylic acids is 12. The molecule has 14 unspecified atom stereocenters. The highest BCUT2D eigenvalue weighted by Crippen LogP contribution is 2.25. The smallest absolute Gasteiger partial charge is 0.268 e. The monoisotopic (exact) mass is 1240 g/mol. The summed E-state index contributed by atoms with van der Waals surface area (Å²) >= 11 is 0. The van der Waals surface area contributed by atoms with Gasteiger partial charge in [-0.05, 0) is 78.1 Å². The molecule has 2 aliphatic heterocycles. The van der Waals surface area contributed by atoms with Crippen molar-refractivity contribution in [1.29, 1.82) is 0 Å². The van der Waals surface area contributed by atoms with Crippen molar-refractivity contribution < 1.29 is 82.7 Å². The third-order valence-electron chi connectivity index (χ3n) is 15.7. The lowest BCUT2D eigenvalue weighted by Gasteiger charge is -2.36. The molecule has 2 aliphatic rings. The molecule has 0 bridgehead atoms. The molecule has 14 atom stereocenters. The van der Waals surface area contributed by atoms with Crippen LogP contribution in [0.4, 0.5) is 0 Å². The highest BCUT2D eigenvalue weighted by atomic mass is 16.5. The first-order valence-corrected chi connectivity index (χ1v) is 30.4. The zero-order valence-electron chi connectivity index (χ0n) is 52.3. The maximum absolute atomic E-state index is 14.7. The van der Waals surface area contributed by atoms with Crippen LogP contribution in [-0.4, -0.2) is 207 Å². The van der Waals surface area contributed by atoms with Crippen molar-refractivity contribution in [2.75, 3.05) is 27.2 Å². The van der Waals surface area contributed by atoms with Gasteiger partial charge >= 0.3 is 0 Å². The Morgan fingerprint density at radius 2 is 1.23 bits per heavy atom. The Bertz CT molecular complexity index is 2370. The summed E-state index contributed by atoms with van der Waals surface area (Å²) in [5, 5.41) is 62.7. The van der Waals surface area contributed by atoms with Crippen LogP contribution in [0.3, 0.4) is 0 Å². The first kappa shape index (κ1) is 76.3. The zero-order chi connectivity index (χ0) is 65.8. The van der Waals surface area contributed by atoms with Crippen molar-refractivity contribution in [3.63, 3.8) is 0 Å². The lowest BCUT2D eigenvalue weighted by molar-refractivity contribution is -0.151. The van der Waals surface area contributed by atoms with Gasteiger partial charge in [-0.1, -0.05) is 91.6 Å². The van der Waals surface area contributed by atoms with Crippen LogP contribution >= 0.6 is 0 Å². The molecule has 0 aromatic carbocycles. The van der Waals surface area contributed by atoms with Crippen LogP contribution in [-0.2, 0) is 62.3 Å². The standard InChI is InChI=1S/C58H100N12O17/c1-11-22-36(73)24-20-18-16-14-13-15-17-19-23-32(5)45-49(77)56(84)65-44(31(3)4)53(81)62-37(12-2)51(79)67-47(34(7)72)55(83)68-46(33(6)71)54(82)63-38(26-27-41(59)74)50(78)61-30-43(76)64-48(35(8)87-10)58(86)69(9)40(29-42(60)75)57(85)70-28-21-25-39(70)52(80)66-45/h12,31-36,38-40,44-49,71-73,77H,11,13-30H2,1-10H3,(H2,59,74)(H2,60,75)(H,61,78)(H,62,81)(H,63,82)(H,64,76)(H,65,84)(H,66,80)(H,67,79)(H,68,83). The number of unbranched alkanes of at least 4 members (excludes halogenated alkanes) is 7. The molecule has 2 saturated heterocycles. The van der Waals surface area contributed by atoms with Crippen molar-refractivity contribution >= 4 is 70.9 Å². The topological polar surface area (TPSA) is 450 Å². The largest absolute Gasteiger partial charge is 0.393 e. The van der Waals surface area contributed by atoms with Gasteiger partial charge in [0.1, 0.15) is 48.0 Å². The number of amides is 12. The minimum absolute atomic E-state index is 0.0446. The van der Waals surface area contributed by atoms with Gasteiger partial charge in [-0.2, -0.15) is 0 Å². The number of methoxy groups -OCH3 is 1. The fraction of sp³-hybridized carbons (Fsp3) is 0.759. The second-order valence-electron chi connectivity index (χ2n) is 23.2. The SMILES string of the molecule is CC=C1NC(=O)C(C(C)C)NC(=O)C(O)C(C(C)CCCCCCCCCCC(O)CCC)NC(=O)C2CCCN2C(=O)C(CC(N)=O)N(C)C(=O)C(C(C)OC)NC(=O)CNC(=O)C(CCC(N)=O)NC(=O)C(C(C)O)NC(=O)C(C(C)O)NC1=O. The van der Waals surface area contributed by atoms with Crippen molar-refractivity contribution in [2.45, 2.75) is 243 Å². The molecular weight excluding hydrogens is 1140 g/mol. The molecule has 16 N–H and O–H groups in total. The van der Waals surface area contributed by atoms with Gasteiger partial charge in [0.2, 0.25) is 59.1 Å². The number of allylic oxidation sites excluding steroid dienone is 1. The minimum atomic E-state index is -2.03. The van der Waals surface area contributed by atoms with Crippen LogP contribution in [0.15, 0.2) is 11.8 Å². The van der Waals surface area contributed by atoms with Gasteiger partial charge in [0, 0.05) is 27.1 Å². The lowest BCUT2D eigenvalue weighted by Crippen LogP contribution is -2.62. The average molecular weight is 1240 g/mol. The Morgan fingerprint density at radius 1 is 0.667 bits per heavy atom. The number of hydrogen-bond donors (Lipinski definition) is 14. The first-order valence-electron chi connectivity index (χ1n) is 30.4. The summed E-state index contributed by atoms with van der Waals surface area (Å²) in [5.41, 5.74) is 10.5. The van der Waals surface area contributed by atoms with Crippen LogP contribution in [0.1, 0.15) is 165 Å². The second kappa shape index (κ2) is 38.5. The number of hydrogen-bond acceptors (Lipinski definition) is 17. The number of aliphatic hydroxyl groups is 4. The minimum Gasteiger partial charge on any atom is -0.393 e. The van der Waals surface area contributed by atoms with E-state index in [9.17, 15) is 78.0 Å². The summed E-state index contributed by atoms with van der Waals surface area (Å²) in [6.07, 6.45) is 2.99. The molecule has 2 rings (SSSR count). The number of nitrogens with zero attached hydrogens (tertiary/aromatic N) is 2. The second-order valence-corrected chi connectivity index (χ2v) is 23.2. The van der Waals surface area contributed by atoms with Crippen LogP contribution in [0.2, 0.25) is 0 Å². The van der Waals surface area contributed by atoms with E-state index in [2.05, 4.69) is 42.5 Å². The number of carbonyl (C=O) groups is 12. The molecule has 0 radical (unpaired) electrons. The molecule has 0 aromatic rings. The van der Waals surface area contributed by atoms with Crippen molar-refractivity contribution in [2.24, 2.45) is 23.3 Å². The van der Waals surface area contributed by atoms with Crippen molar-refractivity contribution in [3.8, 4) is 0 Å². The summed E-state index contributed by atoms with van der Waals surface area (Å²) in [4.78, 5) is 167. The Balaban J connectivity index is 2.73. The quantitative estimate of drug-likeness (QED) is 0.0351. The van der Waals surface area contributed by atoms with Gasteiger partial charge in [-0.3, -0.25) is 57.5 Å². The van der Waals surface area contributed by atoms with Crippen LogP contribution in [0, 0.1) is 11.8 Å². The molecule has 0 aromatic heterocycles. The van der Waals surface area contributed by atoms with Crippen molar-refractivity contribution in [1.82, 2.24) is 52.3 Å². The van der Waals surface area contributed by atoms with E-state index in [1.54, 1.807) is 20.8 Å². The van der Waals surface area contributed by atoms with Gasteiger partial charge in [0.05, 0.1) is 43.4 Å². The summed E-state index contributed by atoms with van der Waals surface area (Å²) in [6.45, 7) is 10.9. The summed E-state index contributed by atoms with van der Waals surface area (Å²) in [7, 11) is 2.38. The number of ether oxygens (including phenoxy) is 1. The molecule has 29 heteroatoms. The number of fused-ring (bicyclic) bond motifs is 1. The predicted molar refractivity (Wildman–Crippen MR) is 317 cm³/mol. The molecule has 2 fully saturated rings. The van der Waals surface area contributed by atoms with E-state index in [4.69, 9.17) is 16.2 Å². The zero-order valence-corrected chi connectivity index (χ0v) is 52.3. The van der Waals surface area contributed by atoms with E-state index < -0.39 is 187 Å². The average Bonchev–Trinajstić information content (AvgIpc) is 2.91. The number of rotatable bonds is 24. The predicted octanol–water partition coefficient (Wildman–Crippen LogP) is -2.48. The van der Waals surface area contributed by atoms with Crippen LogP contribution in [0.5, 0.6) is 0 Å². The Morgan fingerprint density at radius 3 is 1.77 bits per heavy atom. The fourth-order valence-electron chi connectivity index (χ4n) is 10.3. The Labute approximate surface area is 510 Å². The highest BCUT2D eigenvalue weighted by Gasteiger charge is 2.44. The molecule has 87 heavy (non-hydrogen) atoms. The van der Waals surface area contributed by atoms with Crippen LogP contribution < -0.4 is 54.0 Å². The summed E-state index contributed by atoms with van der Waals surface area (Å²) in [5.74, 6) is -13.7. The van der Waals surface area contributed by atoms with Gasteiger partial charge in [-0.15, -0.1) is 0 Å². The van der Waals surface area contributed by atoms with E-state index in [1.165, 1.54) is 28.0 Å². The molecule has 0 spiro atoms. The number of primary amides is 2. The molecule has 2 heterocycles. The van der Waals surface area contributed by atoms with E-state index >= 15 is 0 Å². The van der Waals surface area contributed by atoms with Gasteiger partial charge in [-0.25, -0.2) is 0 Å². The molecule has 494 valence electrons. The number of nitrogens with one attached hydrogen (secondary N) is 8. The molecule has 0 aliphatic carbocycles. The van der Waals surface area contributed by atoms with Gasteiger partial charge < -0.3 is 89.0 Å². The van der Waals surface area contributed by atoms with E-state index in [0.29, 0.717) is 12.8 Å². The highest BCUT2D eigenvalue weighted by molar-refractivity contribution is 6.03.